The standard InChI is InChI=1S/C22H32N4/c1-4-23-22(24-16-10-13-19-11-6-5-7-12-19)25-17-20-14-8-9-15-21(20)18-26(2)3/h5-9,11-12,14-15H,4,10,13,16-18H2,1-3H3,(H2,23,24,25). The summed E-state index contributed by atoms with van der Waals surface area (Å²) in [6, 6.07) is 19.2. The molecule has 0 aliphatic carbocycles. The molecule has 4 heteroatoms. The van der Waals surface area contributed by atoms with Crippen LogP contribution in [-0.2, 0) is 19.5 Å². The fraction of sp³-hybridized carbons (Fsp3) is 0.409. The van der Waals surface area contributed by atoms with Gasteiger partial charge in [0.15, 0.2) is 5.96 Å². The highest BCUT2D eigenvalue weighted by Gasteiger charge is 2.03. The minimum atomic E-state index is 0.692. The van der Waals surface area contributed by atoms with Gasteiger partial charge in [-0.25, -0.2) is 4.99 Å². The molecule has 0 heterocycles. The monoisotopic (exact) mass is 352 g/mol. The molecule has 0 aliphatic rings. The number of benzene rings is 2. The number of nitrogens with one attached hydrogen (secondary N) is 2. The Morgan fingerprint density at radius 1 is 0.923 bits per heavy atom. The quantitative estimate of drug-likeness (QED) is 0.413. The van der Waals surface area contributed by atoms with Crippen LogP contribution in [0.4, 0.5) is 0 Å². The summed E-state index contributed by atoms with van der Waals surface area (Å²) in [6.07, 6.45) is 2.17. The average Bonchev–Trinajstić information content (AvgIpc) is 2.64. The molecule has 0 aromatic heterocycles. The normalized spacial score (nSPS) is 11.6. The molecule has 0 unspecified atom stereocenters. The Labute approximate surface area is 158 Å². The summed E-state index contributed by atoms with van der Waals surface area (Å²) in [5.41, 5.74) is 4.00. The van der Waals surface area contributed by atoms with Gasteiger partial charge in [0.25, 0.3) is 0 Å². The Morgan fingerprint density at radius 3 is 2.31 bits per heavy atom. The highest BCUT2D eigenvalue weighted by molar-refractivity contribution is 5.79. The van der Waals surface area contributed by atoms with Gasteiger partial charge in [-0.05, 0) is 50.6 Å². The van der Waals surface area contributed by atoms with Gasteiger partial charge in [0, 0.05) is 19.6 Å². The molecule has 0 fully saturated rings. The molecule has 4 nitrogen and oxygen atoms in total. The first kappa shape index (κ1) is 20.0. The van der Waals surface area contributed by atoms with E-state index in [1.54, 1.807) is 0 Å². The number of hydrogen-bond donors (Lipinski definition) is 2. The number of guanidine groups is 1. The van der Waals surface area contributed by atoms with Gasteiger partial charge in [-0.2, -0.15) is 0 Å². The summed E-state index contributed by atoms with van der Waals surface area (Å²) < 4.78 is 0. The topological polar surface area (TPSA) is 39.7 Å². The third-order valence-corrected chi connectivity index (χ3v) is 4.13. The van der Waals surface area contributed by atoms with Crippen LogP contribution < -0.4 is 10.6 Å². The molecule has 0 spiro atoms. The molecule has 0 atom stereocenters. The van der Waals surface area contributed by atoms with E-state index in [9.17, 15) is 0 Å². The molecule has 0 saturated heterocycles. The second-order valence-electron chi connectivity index (χ2n) is 6.72. The van der Waals surface area contributed by atoms with Gasteiger partial charge >= 0.3 is 0 Å². The van der Waals surface area contributed by atoms with Crippen molar-refractivity contribution in [3.8, 4) is 0 Å². The van der Waals surface area contributed by atoms with Gasteiger partial charge in [-0.1, -0.05) is 54.6 Å². The zero-order valence-corrected chi connectivity index (χ0v) is 16.3. The van der Waals surface area contributed by atoms with Crippen molar-refractivity contribution in [2.75, 3.05) is 27.2 Å². The minimum Gasteiger partial charge on any atom is -0.357 e. The van der Waals surface area contributed by atoms with Crippen molar-refractivity contribution in [1.29, 1.82) is 0 Å². The Hall–Kier alpha value is -2.33. The van der Waals surface area contributed by atoms with E-state index in [4.69, 9.17) is 4.99 Å². The molecule has 0 radical (unpaired) electrons. The van der Waals surface area contributed by atoms with Crippen LogP contribution in [0.3, 0.4) is 0 Å². The highest BCUT2D eigenvalue weighted by atomic mass is 15.2. The lowest BCUT2D eigenvalue weighted by Crippen LogP contribution is -2.37. The van der Waals surface area contributed by atoms with E-state index in [2.05, 4.69) is 91.1 Å². The van der Waals surface area contributed by atoms with Crippen molar-refractivity contribution in [3.05, 3.63) is 71.3 Å². The second-order valence-corrected chi connectivity index (χ2v) is 6.72. The van der Waals surface area contributed by atoms with Crippen LogP contribution in [0, 0.1) is 0 Å². The zero-order valence-electron chi connectivity index (χ0n) is 16.3. The van der Waals surface area contributed by atoms with E-state index < -0.39 is 0 Å². The summed E-state index contributed by atoms with van der Waals surface area (Å²) in [7, 11) is 4.19. The third kappa shape index (κ3) is 7.28. The summed E-state index contributed by atoms with van der Waals surface area (Å²) in [6.45, 7) is 5.51. The first-order valence-corrected chi connectivity index (χ1v) is 9.46. The molecule has 2 aromatic rings. The van der Waals surface area contributed by atoms with Crippen molar-refractivity contribution in [1.82, 2.24) is 15.5 Å². The van der Waals surface area contributed by atoms with E-state index in [1.807, 2.05) is 0 Å². The number of aliphatic imine (C=N–C) groups is 1. The summed E-state index contributed by atoms with van der Waals surface area (Å²) in [5.74, 6) is 0.889. The van der Waals surface area contributed by atoms with Crippen molar-refractivity contribution in [2.45, 2.75) is 32.9 Å². The van der Waals surface area contributed by atoms with E-state index >= 15 is 0 Å². The molecule has 0 aliphatic heterocycles. The Balaban J connectivity index is 1.88. The van der Waals surface area contributed by atoms with Gasteiger partial charge < -0.3 is 15.5 Å². The fourth-order valence-corrected chi connectivity index (χ4v) is 2.86. The number of hydrogen-bond acceptors (Lipinski definition) is 2. The number of rotatable bonds is 9. The maximum absolute atomic E-state index is 4.77. The summed E-state index contributed by atoms with van der Waals surface area (Å²) in [5, 5.41) is 6.79. The van der Waals surface area contributed by atoms with Gasteiger partial charge in [0.05, 0.1) is 6.54 Å². The van der Waals surface area contributed by atoms with Crippen LogP contribution in [0.5, 0.6) is 0 Å². The smallest absolute Gasteiger partial charge is 0.191 e. The van der Waals surface area contributed by atoms with E-state index in [0.717, 1.165) is 38.4 Å². The first-order valence-electron chi connectivity index (χ1n) is 9.46. The molecule has 0 bridgehead atoms. The predicted octanol–water partition coefficient (Wildman–Crippen LogP) is 3.44. The lowest BCUT2D eigenvalue weighted by molar-refractivity contribution is 0.401. The van der Waals surface area contributed by atoms with Crippen LogP contribution in [-0.4, -0.2) is 38.0 Å². The Kier molecular flexibility index (Phi) is 8.70. The number of nitrogens with zero attached hydrogens (tertiary/aromatic N) is 2. The van der Waals surface area contributed by atoms with E-state index in [0.29, 0.717) is 6.54 Å². The molecule has 140 valence electrons. The third-order valence-electron chi connectivity index (χ3n) is 4.13. The predicted molar refractivity (Wildman–Crippen MR) is 111 cm³/mol. The molecule has 2 N–H and O–H groups in total. The summed E-state index contributed by atoms with van der Waals surface area (Å²) in [4.78, 5) is 6.96. The van der Waals surface area contributed by atoms with Crippen LogP contribution in [0.25, 0.3) is 0 Å². The van der Waals surface area contributed by atoms with Crippen LogP contribution in [0.1, 0.15) is 30.0 Å². The van der Waals surface area contributed by atoms with Crippen LogP contribution in [0.15, 0.2) is 59.6 Å². The van der Waals surface area contributed by atoms with Crippen molar-refractivity contribution in [3.63, 3.8) is 0 Å². The fourth-order valence-electron chi connectivity index (χ4n) is 2.86. The molecule has 2 rings (SSSR count). The van der Waals surface area contributed by atoms with Crippen LogP contribution >= 0.6 is 0 Å². The maximum Gasteiger partial charge on any atom is 0.191 e. The Morgan fingerprint density at radius 2 is 1.62 bits per heavy atom. The van der Waals surface area contributed by atoms with Gasteiger partial charge in [-0.3, -0.25) is 0 Å². The SMILES string of the molecule is CCNC(=NCc1ccccc1CN(C)C)NCCCc1ccccc1. The molecule has 2 aromatic carbocycles. The lowest BCUT2D eigenvalue weighted by atomic mass is 10.1. The van der Waals surface area contributed by atoms with E-state index in [-0.39, 0.29) is 0 Å². The largest absolute Gasteiger partial charge is 0.357 e. The molecular formula is C22H32N4. The van der Waals surface area contributed by atoms with Gasteiger partial charge in [0.2, 0.25) is 0 Å². The molecule has 26 heavy (non-hydrogen) atoms. The minimum absolute atomic E-state index is 0.692. The molecular weight excluding hydrogens is 320 g/mol. The molecule has 0 saturated carbocycles. The number of aryl methyl sites for hydroxylation is 1. The highest BCUT2D eigenvalue weighted by Crippen LogP contribution is 2.11. The zero-order chi connectivity index (χ0) is 18.6. The summed E-state index contributed by atoms with van der Waals surface area (Å²) >= 11 is 0. The Bertz CT molecular complexity index is 665. The van der Waals surface area contributed by atoms with Gasteiger partial charge in [-0.15, -0.1) is 0 Å². The van der Waals surface area contributed by atoms with Crippen LogP contribution in [0.2, 0.25) is 0 Å². The molecule has 0 amide bonds. The first-order chi connectivity index (χ1) is 12.7. The van der Waals surface area contributed by atoms with Crippen molar-refractivity contribution in [2.24, 2.45) is 4.99 Å². The average molecular weight is 353 g/mol. The second kappa shape index (κ2) is 11.3. The van der Waals surface area contributed by atoms with Crippen molar-refractivity contribution >= 4 is 5.96 Å². The van der Waals surface area contributed by atoms with Crippen molar-refractivity contribution < 1.29 is 0 Å². The van der Waals surface area contributed by atoms with E-state index in [1.165, 1.54) is 16.7 Å². The lowest BCUT2D eigenvalue weighted by Gasteiger charge is -2.14. The maximum atomic E-state index is 4.77. The van der Waals surface area contributed by atoms with Gasteiger partial charge in [0.1, 0.15) is 0 Å².